The quantitative estimate of drug-likeness (QED) is 0.520. The number of fused-ring (bicyclic) bond motifs is 1. The van der Waals surface area contributed by atoms with E-state index in [2.05, 4.69) is 22.5 Å². The summed E-state index contributed by atoms with van der Waals surface area (Å²) in [5.41, 5.74) is 6.13. The second kappa shape index (κ2) is 8.34. The van der Waals surface area contributed by atoms with Gasteiger partial charge >= 0.3 is 0 Å². The summed E-state index contributed by atoms with van der Waals surface area (Å²) < 4.78 is 3.81. The van der Waals surface area contributed by atoms with Gasteiger partial charge in [-0.25, -0.2) is 9.67 Å². The molecule has 0 aliphatic heterocycles. The number of aromatic nitrogens is 5. The summed E-state index contributed by atoms with van der Waals surface area (Å²) in [6.45, 7) is 11.0. The van der Waals surface area contributed by atoms with Crippen LogP contribution in [0.5, 0.6) is 0 Å². The van der Waals surface area contributed by atoms with Crippen LogP contribution in [0.2, 0.25) is 0 Å². The molecule has 0 fully saturated rings. The van der Waals surface area contributed by atoms with Crippen LogP contribution >= 0.6 is 0 Å². The van der Waals surface area contributed by atoms with Crippen molar-refractivity contribution in [2.45, 2.75) is 53.8 Å². The molecule has 1 atom stereocenters. The average molecular weight is 417 g/mol. The number of hydrogen-bond acceptors (Lipinski definition) is 4. The summed E-state index contributed by atoms with van der Waals surface area (Å²) in [7, 11) is 0. The molecule has 1 amide bonds. The number of rotatable bonds is 6. The van der Waals surface area contributed by atoms with E-state index in [1.807, 2.05) is 74.3 Å². The van der Waals surface area contributed by atoms with Crippen LogP contribution in [-0.2, 0) is 13.1 Å². The Bertz CT molecular complexity index is 1240. The van der Waals surface area contributed by atoms with Crippen molar-refractivity contribution in [3.63, 3.8) is 0 Å². The van der Waals surface area contributed by atoms with E-state index >= 15 is 0 Å². The highest BCUT2D eigenvalue weighted by molar-refractivity contribution is 6.06. The number of pyridine rings is 1. The van der Waals surface area contributed by atoms with E-state index < -0.39 is 0 Å². The lowest BCUT2D eigenvalue weighted by Crippen LogP contribution is -2.36. The summed E-state index contributed by atoms with van der Waals surface area (Å²) >= 11 is 0. The zero-order valence-electron chi connectivity index (χ0n) is 18.7. The van der Waals surface area contributed by atoms with Crippen molar-refractivity contribution in [2.75, 3.05) is 0 Å². The smallest absolute Gasteiger partial charge is 0.252 e. The number of carbonyl (C=O) groups excluding carboxylic acids is 1. The van der Waals surface area contributed by atoms with Crippen LogP contribution in [0, 0.1) is 27.7 Å². The molecule has 0 bridgehead atoms. The maximum Gasteiger partial charge on any atom is 0.252 e. The van der Waals surface area contributed by atoms with Gasteiger partial charge in [-0.15, -0.1) is 0 Å². The lowest BCUT2D eigenvalue weighted by molar-refractivity contribution is 0.0937. The van der Waals surface area contributed by atoms with Crippen molar-refractivity contribution in [1.29, 1.82) is 0 Å². The van der Waals surface area contributed by atoms with Crippen molar-refractivity contribution in [2.24, 2.45) is 0 Å². The zero-order chi connectivity index (χ0) is 22.1. The molecule has 160 valence electrons. The Kier molecular flexibility index (Phi) is 5.59. The van der Waals surface area contributed by atoms with E-state index in [0.717, 1.165) is 39.4 Å². The molecule has 1 aromatic carbocycles. The lowest BCUT2D eigenvalue weighted by atomic mass is 10.1. The Morgan fingerprint density at radius 2 is 1.74 bits per heavy atom. The molecule has 1 N–H and O–H groups in total. The van der Waals surface area contributed by atoms with Gasteiger partial charge in [0, 0.05) is 17.4 Å². The summed E-state index contributed by atoms with van der Waals surface area (Å²) in [5.74, 6) is -0.119. The standard InChI is InChI=1S/C24H28N6O/c1-15-12-21(24(31)26-17(3)13-29-18(4)11-16(2)27-29)22-19(5)28-30(23(22)25-15)14-20-9-7-6-8-10-20/h6-12,17H,13-14H2,1-5H3,(H,26,31)/t17-/m1/s1. The van der Waals surface area contributed by atoms with Gasteiger partial charge in [-0.1, -0.05) is 30.3 Å². The topological polar surface area (TPSA) is 77.6 Å². The predicted octanol–water partition coefficient (Wildman–Crippen LogP) is 3.73. The number of amides is 1. The molecule has 7 heteroatoms. The van der Waals surface area contributed by atoms with Gasteiger partial charge in [0.05, 0.1) is 35.4 Å². The average Bonchev–Trinajstić information content (AvgIpc) is 3.19. The van der Waals surface area contributed by atoms with E-state index in [9.17, 15) is 4.79 Å². The van der Waals surface area contributed by atoms with Gasteiger partial charge in [-0.05, 0) is 52.3 Å². The minimum absolute atomic E-state index is 0.0753. The summed E-state index contributed by atoms with van der Waals surface area (Å²) in [4.78, 5) is 17.9. The van der Waals surface area contributed by atoms with E-state index in [0.29, 0.717) is 18.7 Å². The molecule has 3 aromatic heterocycles. The van der Waals surface area contributed by atoms with E-state index in [-0.39, 0.29) is 11.9 Å². The Hall–Kier alpha value is -3.48. The van der Waals surface area contributed by atoms with Crippen LogP contribution in [0.4, 0.5) is 0 Å². The van der Waals surface area contributed by atoms with Crippen LogP contribution in [0.3, 0.4) is 0 Å². The molecule has 0 aliphatic rings. The first-order chi connectivity index (χ1) is 14.8. The molecule has 31 heavy (non-hydrogen) atoms. The molecule has 0 unspecified atom stereocenters. The predicted molar refractivity (Wildman–Crippen MR) is 121 cm³/mol. The highest BCUT2D eigenvalue weighted by Gasteiger charge is 2.20. The summed E-state index contributed by atoms with van der Waals surface area (Å²) in [6.07, 6.45) is 0. The lowest BCUT2D eigenvalue weighted by Gasteiger charge is -2.16. The van der Waals surface area contributed by atoms with Gasteiger partial charge < -0.3 is 5.32 Å². The zero-order valence-corrected chi connectivity index (χ0v) is 18.7. The van der Waals surface area contributed by atoms with Gasteiger partial charge in [0.25, 0.3) is 5.91 Å². The van der Waals surface area contributed by atoms with Gasteiger partial charge in [0.15, 0.2) is 5.65 Å². The molecule has 0 aliphatic carbocycles. The van der Waals surface area contributed by atoms with Gasteiger partial charge in [0.2, 0.25) is 0 Å². The fraction of sp³-hybridized carbons (Fsp3) is 0.333. The molecule has 0 saturated carbocycles. The largest absolute Gasteiger partial charge is 0.348 e. The first kappa shape index (κ1) is 20.8. The normalized spacial score (nSPS) is 12.3. The molecular formula is C24H28N6O. The fourth-order valence-electron chi connectivity index (χ4n) is 3.99. The van der Waals surface area contributed by atoms with Crippen LogP contribution in [-0.4, -0.2) is 36.5 Å². The van der Waals surface area contributed by atoms with Gasteiger partial charge in [-0.2, -0.15) is 10.2 Å². The third kappa shape index (κ3) is 4.35. The molecule has 4 aromatic rings. The first-order valence-electron chi connectivity index (χ1n) is 10.5. The SMILES string of the molecule is Cc1cc(C(=O)N[C@H](C)Cn2nc(C)cc2C)c2c(C)nn(Cc3ccccc3)c2n1. The molecule has 0 spiro atoms. The first-order valence-corrected chi connectivity index (χ1v) is 10.5. The van der Waals surface area contributed by atoms with E-state index in [4.69, 9.17) is 10.1 Å². The second-order valence-electron chi connectivity index (χ2n) is 8.22. The van der Waals surface area contributed by atoms with Gasteiger partial charge in [-0.3, -0.25) is 9.48 Å². The third-order valence-electron chi connectivity index (χ3n) is 5.35. The molecule has 0 saturated heterocycles. The van der Waals surface area contributed by atoms with E-state index in [1.165, 1.54) is 0 Å². The Morgan fingerprint density at radius 1 is 1.00 bits per heavy atom. The van der Waals surface area contributed by atoms with Crippen molar-refractivity contribution >= 4 is 16.9 Å². The van der Waals surface area contributed by atoms with Crippen molar-refractivity contribution < 1.29 is 4.79 Å². The molecular weight excluding hydrogens is 388 g/mol. The third-order valence-corrected chi connectivity index (χ3v) is 5.35. The second-order valence-corrected chi connectivity index (χ2v) is 8.22. The Balaban J connectivity index is 1.62. The number of nitrogens with zero attached hydrogens (tertiary/aromatic N) is 5. The van der Waals surface area contributed by atoms with Crippen LogP contribution < -0.4 is 5.32 Å². The monoisotopic (exact) mass is 416 g/mol. The van der Waals surface area contributed by atoms with Gasteiger partial charge in [0.1, 0.15) is 0 Å². The molecule has 4 rings (SSSR count). The fourth-order valence-corrected chi connectivity index (χ4v) is 3.99. The maximum atomic E-state index is 13.2. The number of aryl methyl sites for hydroxylation is 4. The van der Waals surface area contributed by atoms with Crippen LogP contribution in [0.25, 0.3) is 11.0 Å². The minimum Gasteiger partial charge on any atom is -0.348 e. The molecule has 7 nitrogen and oxygen atoms in total. The minimum atomic E-state index is -0.119. The van der Waals surface area contributed by atoms with Crippen molar-refractivity contribution in [1.82, 2.24) is 29.9 Å². The number of carbonyl (C=O) groups is 1. The summed E-state index contributed by atoms with van der Waals surface area (Å²) in [5, 5.41) is 13.1. The van der Waals surface area contributed by atoms with Crippen LogP contribution in [0.1, 0.15) is 45.6 Å². The van der Waals surface area contributed by atoms with Crippen LogP contribution in [0.15, 0.2) is 42.5 Å². The van der Waals surface area contributed by atoms with Crippen molar-refractivity contribution in [3.05, 3.63) is 76.4 Å². The number of nitrogens with one attached hydrogen (secondary N) is 1. The maximum absolute atomic E-state index is 13.2. The van der Waals surface area contributed by atoms with Crippen molar-refractivity contribution in [3.8, 4) is 0 Å². The highest BCUT2D eigenvalue weighted by atomic mass is 16.1. The number of benzene rings is 1. The number of hydrogen-bond donors (Lipinski definition) is 1. The molecule has 0 radical (unpaired) electrons. The molecule has 3 heterocycles. The Morgan fingerprint density at radius 3 is 2.42 bits per heavy atom. The van der Waals surface area contributed by atoms with E-state index in [1.54, 1.807) is 0 Å². The highest BCUT2D eigenvalue weighted by Crippen LogP contribution is 2.23. The Labute approximate surface area is 182 Å². The summed E-state index contributed by atoms with van der Waals surface area (Å²) in [6, 6.07) is 13.9.